The van der Waals surface area contributed by atoms with Gasteiger partial charge in [0.25, 0.3) is 0 Å². The van der Waals surface area contributed by atoms with Gasteiger partial charge in [0.2, 0.25) is 11.7 Å². The molecular formula is C42H38N2O8. The lowest BCUT2D eigenvalue weighted by Crippen LogP contribution is -2.20. The number of ketones is 1. The van der Waals surface area contributed by atoms with Crippen LogP contribution in [0.5, 0.6) is 5.75 Å². The predicted octanol–water partition coefficient (Wildman–Crippen LogP) is 7.00. The summed E-state index contributed by atoms with van der Waals surface area (Å²) in [6.07, 6.45) is 0. The fourth-order valence-electron chi connectivity index (χ4n) is 6.31. The van der Waals surface area contributed by atoms with Gasteiger partial charge in [-0.15, -0.1) is 0 Å². The van der Waals surface area contributed by atoms with Gasteiger partial charge in [-0.3, -0.25) is 9.59 Å². The lowest BCUT2D eigenvalue weighted by molar-refractivity contribution is -0.139. The topological polar surface area (TPSA) is 125 Å². The fraction of sp³-hybridized carbons (Fsp3) is 0.214. The molecule has 10 nitrogen and oxygen atoms in total. The molecule has 1 aliphatic carbocycles. The van der Waals surface area contributed by atoms with Crippen LogP contribution in [0, 0.1) is 6.92 Å². The summed E-state index contributed by atoms with van der Waals surface area (Å²) in [7, 11) is 0. The molecule has 0 bridgehead atoms. The predicted molar refractivity (Wildman–Crippen MR) is 199 cm³/mol. The Morgan fingerprint density at radius 3 is 2.56 bits per heavy atom. The second-order valence-corrected chi connectivity index (χ2v) is 12.4. The van der Waals surface area contributed by atoms with E-state index in [0.29, 0.717) is 55.7 Å². The zero-order valence-corrected chi connectivity index (χ0v) is 29.0. The molecule has 2 aliphatic heterocycles. The van der Waals surface area contributed by atoms with Gasteiger partial charge in [-0.2, -0.15) is 0 Å². The summed E-state index contributed by atoms with van der Waals surface area (Å²) in [6, 6.07) is 30.9. The minimum absolute atomic E-state index is 0.0932. The highest BCUT2D eigenvalue weighted by molar-refractivity contribution is 6.19. The molecular weight excluding hydrogens is 660 g/mol. The number of fused-ring (bicyclic) bond motifs is 3. The number of esters is 1. The van der Waals surface area contributed by atoms with Gasteiger partial charge in [0.1, 0.15) is 23.7 Å². The zero-order chi connectivity index (χ0) is 36.0. The van der Waals surface area contributed by atoms with Crippen molar-refractivity contribution in [3.8, 4) is 28.2 Å². The first-order valence-corrected chi connectivity index (χ1v) is 17.2. The third kappa shape index (κ3) is 7.53. The summed E-state index contributed by atoms with van der Waals surface area (Å²) in [5.74, 6) is 0.219. The van der Waals surface area contributed by atoms with Crippen molar-refractivity contribution in [2.45, 2.75) is 20.4 Å². The summed E-state index contributed by atoms with van der Waals surface area (Å²) in [4.78, 5) is 36.5. The molecule has 264 valence electrons. The molecule has 4 aromatic carbocycles. The molecule has 4 aromatic rings. The van der Waals surface area contributed by atoms with Gasteiger partial charge < -0.3 is 34.0 Å². The highest BCUT2D eigenvalue weighted by Gasteiger charge is 2.32. The smallest absolute Gasteiger partial charge is 0.347 e. The molecule has 10 heteroatoms. The largest absolute Gasteiger partial charge is 0.491 e. The van der Waals surface area contributed by atoms with Crippen molar-refractivity contribution < 1.29 is 33.0 Å². The summed E-state index contributed by atoms with van der Waals surface area (Å²) in [5, 5.41) is 9.46. The molecule has 0 aromatic heterocycles. The van der Waals surface area contributed by atoms with Gasteiger partial charge in [-0.25, -0.2) is 4.79 Å². The molecule has 3 aliphatic rings. The normalized spacial score (nSPS) is 12.8. The molecule has 0 fully saturated rings. The van der Waals surface area contributed by atoms with Gasteiger partial charge in [0, 0.05) is 47.4 Å². The van der Waals surface area contributed by atoms with Crippen molar-refractivity contribution in [3.63, 3.8) is 0 Å². The Bertz CT molecular complexity index is 2340. The van der Waals surface area contributed by atoms with Crippen molar-refractivity contribution >= 4 is 39.2 Å². The molecule has 7 rings (SSSR count). The third-order valence-corrected chi connectivity index (χ3v) is 8.82. The van der Waals surface area contributed by atoms with Crippen molar-refractivity contribution in [1.29, 1.82) is 0 Å². The van der Waals surface area contributed by atoms with Gasteiger partial charge >= 0.3 is 5.97 Å². The minimum Gasteiger partial charge on any atom is -0.491 e. The quantitative estimate of drug-likeness (QED) is 0.0532. The van der Waals surface area contributed by atoms with E-state index in [1.807, 2.05) is 60.7 Å². The maximum atomic E-state index is 12.2. The SMILES string of the molecule is CCOC(=O)C1=C(Nc2ccc3cc(CNCCOCCOc4ccc5c(-c6ccccc6C)c6ccc(=O)cc-6oc5c4)ccc3c2)OCC1=O. The summed E-state index contributed by atoms with van der Waals surface area (Å²) in [6.45, 7) is 6.41. The molecule has 0 atom stereocenters. The number of aryl methyl sites for hydroxylation is 1. The first-order valence-electron chi connectivity index (χ1n) is 17.2. The lowest BCUT2D eigenvalue weighted by atomic mass is 9.91. The van der Waals surface area contributed by atoms with Crippen LogP contribution in [0.2, 0.25) is 0 Å². The first-order chi connectivity index (χ1) is 25.4. The first kappa shape index (κ1) is 34.5. The van der Waals surface area contributed by atoms with Gasteiger partial charge in [0.15, 0.2) is 17.6 Å². The zero-order valence-electron chi connectivity index (χ0n) is 29.0. The maximum Gasteiger partial charge on any atom is 0.347 e. The average molecular weight is 699 g/mol. The number of anilines is 1. The number of carbonyl (C=O) groups is 2. The van der Waals surface area contributed by atoms with E-state index in [1.165, 1.54) is 6.07 Å². The number of rotatable bonds is 14. The highest BCUT2D eigenvalue weighted by atomic mass is 16.5. The monoisotopic (exact) mass is 698 g/mol. The van der Waals surface area contributed by atoms with Crippen LogP contribution in [-0.2, 0) is 30.3 Å². The number of Topliss-reactive ketones (excluding diaryl/α,β-unsaturated/α-hetero) is 1. The Balaban J connectivity index is 0.893. The molecule has 2 N–H and O–H groups in total. The molecule has 0 saturated heterocycles. The van der Waals surface area contributed by atoms with Crippen molar-refractivity contribution in [2.75, 3.05) is 44.9 Å². The second kappa shape index (κ2) is 15.5. The van der Waals surface area contributed by atoms with E-state index in [4.69, 9.17) is 23.4 Å². The van der Waals surface area contributed by atoms with Gasteiger partial charge in [-0.1, -0.05) is 42.5 Å². The van der Waals surface area contributed by atoms with E-state index in [9.17, 15) is 14.4 Å². The molecule has 0 spiro atoms. The van der Waals surface area contributed by atoms with Gasteiger partial charge in [-0.05, 0) is 83.8 Å². The van der Waals surface area contributed by atoms with Crippen LogP contribution in [-0.4, -0.2) is 51.3 Å². The van der Waals surface area contributed by atoms with Crippen LogP contribution in [0.25, 0.3) is 44.2 Å². The van der Waals surface area contributed by atoms with Crippen LogP contribution in [0.3, 0.4) is 0 Å². The molecule has 0 unspecified atom stereocenters. The molecule has 2 heterocycles. The number of hydrogen-bond acceptors (Lipinski definition) is 10. The number of nitrogens with one attached hydrogen (secondary N) is 2. The van der Waals surface area contributed by atoms with E-state index in [0.717, 1.165) is 44.0 Å². The Kier molecular flexibility index (Phi) is 10.3. The maximum absolute atomic E-state index is 12.2. The summed E-state index contributed by atoms with van der Waals surface area (Å²) in [5.41, 5.74) is 6.41. The molecule has 0 amide bonds. The number of benzene rings is 5. The number of hydrogen-bond donors (Lipinski definition) is 2. The van der Waals surface area contributed by atoms with Crippen molar-refractivity contribution in [1.82, 2.24) is 5.32 Å². The van der Waals surface area contributed by atoms with Crippen LogP contribution in [0.15, 0.2) is 118 Å². The number of ether oxygens (including phenoxy) is 4. The Hall–Kier alpha value is -5.97. The third-order valence-electron chi connectivity index (χ3n) is 8.82. The minimum atomic E-state index is -0.689. The fourth-order valence-corrected chi connectivity index (χ4v) is 6.31. The Morgan fingerprint density at radius 1 is 0.846 bits per heavy atom. The molecule has 0 radical (unpaired) electrons. The number of carbonyl (C=O) groups excluding carboxylic acids is 2. The standard InChI is InChI=1S/C42H38N2O8/c1-3-49-42(47)40-36(46)25-51-41(40)44-30-11-10-28-20-27(8-9-29(28)21-30)24-43-16-17-48-18-19-50-32-13-15-35-38(23-32)52-37-22-31(45)12-14-34(37)39(35)33-7-5-4-6-26(33)2/h4-15,20-23,43-44H,3,16-19,24-25H2,1-2H3. The van der Waals surface area contributed by atoms with E-state index in [2.05, 4.69) is 41.8 Å². The van der Waals surface area contributed by atoms with Gasteiger partial charge in [0.05, 0.1) is 19.8 Å². The Labute approximate surface area is 300 Å². The summed E-state index contributed by atoms with van der Waals surface area (Å²) >= 11 is 0. The van der Waals surface area contributed by atoms with Crippen LogP contribution >= 0.6 is 0 Å². The average Bonchev–Trinajstić information content (AvgIpc) is 3.51. The highest BCUT2D eigenvalue weighted by Crippen LogP contribution is 2.41. The van der Waals surface area contributed by atoms with E-state index >= 15 is 0 Å². The lowest BCUT2D eigenvalue weighted by Gasteiger charge is -2.17. The van der Waals surface area contributed by atoms with E-state index in [1.54, 1.807) is 13.0 Å². The van der Waals surface area contributed by atoms with E-state index in [-0.39, 0.29) is 30.1 Å². The molecule has 0 saturated carbocycles. The Morgan fingerprint density at radius 2 is 1.69 bits per heavy atom. The van der Waals surface area contributed by atoms with Crippen molar-refractivity contribution in [2.24, 2.45) is 0 Å². The van der Waals surface area contributed by atoms with E-state index < -0.39 is 11.8 Å². The van der Waals surface area contributed by atoms with Crippen LogP contribution in [0.4, 0.5) is 5.69 Å². The van der Waals surface area contributed by atoms with Crippen LogP contribution < -0.4 is 20.8 Å². The second-order valence-electron chi connectivity index (χ2n) is 12.4. The molecule has 52 heavy (non-hydrogen) atoms. The van der Waals surface area contributed by atoms with Crippen LogP contribution in [0.1, 0.15) is 18.1 Å². The van der Waals surface area contributed by atoms with Crippen molar-refractivity contribution in [3.05, 3.63) is 130 Å². The summed E-state index contributed by atoms with van der Waals surface area (Å²) < 4.78 is 28.4.